The highest BCUT2D eigenvalue weighted by molar-refractivity contribution is 6.02. The molecule has 5 N–H and O–H groups in total. The summed E-state index contributed by atoms with van der Waals surface area (Å²) in [5.41, 5.74) is 4.59. The zero-order valence-corrected chi connectivity index (χ0v) is 24.6. The Hall–Kier alpha value is -5.00. The van der Waals surface area contributed by atoms with Gasteiger partial charge in [0.1, 0.15) is 11.6 Å². The van der Waals surface area contributed by atoms with Crippen molar-refractivity contribution in [2.75, 3.05) is 13.2 Å². The molecule has 0 saturated carbocycles. The zero-order valence-electron chi connectivity index (χ0n) is 24.6. The number of rotatable bonds is 15. The minimum Gasteiger partial charge on any atom is -0.481 e. The number of nitrogen functional groups attached to an aromatic ring is 1. The normalized spacial score (nSPS) is 13.3. The molecule has 0 aliphatic carbocycles. The highest BCUT2D eigenvalue weighted by Gasteiger charge is 2.53. The molecule has 1 unspecified atom stereocenters. The second-order valence-corrected chi connectivity index (χ2v) is 9.67. The summed E-state index contributed by atoms with van der Waals surface area (Å²) in [6, 6.07) is 12.2. The Labute approximate surface area is 249 Å². The predicted molar refractivity (Wildman–Crippen MR) is 158 cm³/mol. The van der Waals surface area contributed by atoms with Gasteiger partial charge in [-0.1, -0.05) is 26.0 Å². The van der Waals surface area contributed by atoms with Gasteiger partial charge in [-0.25, -0.2) is 9.59 Å². The van der Waals surface area contributed by atoms with Gasteiger partial charge in [-0.05, 0) is 74.7 Å². The molecule has 0 aliphatic heterocycles. The van der Waals surface area contributed by atoms with E-state index in [0.29, 0.717) is 11.1 Å². The lowest BCUT2D eigenvalue weighted by Crippen LogP contribution is -2.63. The molecule has 0 fully saturated rings. The van der Waals surface area contributed by atoms with Crippen LogP contribution in [0.5, 0.6) is 5.75 Å². The average Bonchev–Trinajstić information content (AvgIpc) is 2.96. The molecule has 12 heteroatoms. The van der Waals surface area contributed by atoms with Crippen LogP contribution in [-0.2, 0) is 23.9 Å². The van der Waals surface area contributed by atoms with Crippen molar-refractivity contribution in [3.8, 4) is 5.75 Å². The van der Waals surface area contributed by atoms with Crippen LogP contribution < -0.4 is 10.5 Å². The number of carboxylic acid groups (broad SMARTS) is 2. The summed E-state index contributed by atoms with van der Waals surface area (Å²) >= 11 is 0. The van der Waals surface area contributed by atoms with Crippen molar-refractivity contribution in [3.05, 3.63) is 70.8 Å². The van der Waals surface area contributed by atoms with E-state index in [0.717, 1.165) is 4.90 Å². The second-order valence-electron chi connectivity index (χ2n) is 9.67. The van der Waals surface area contributed by atoms with Crippen molar-refractivity contribution in [2.24, 2.45) is 11.7 Å². The Morgan fingerprint density at radius 3 is 2.02 bits per heavy atom. The highest BCUT2D eigenvalue weighted by atomic mass is 16.5. The summed E-state index contributed by atoms with van der Waals surface area (Å²) < 4.78 is 10.3. The van der Waals surface area contributed by atoms with Gasteiger partial charge in [-0.3, -0.25) is 19.8 Å². The summed E-state index contributed by atoms with van der Waals surface area (Å²) in [6.45, 7) is 5.79. The number of carboxylic acids is 2. The maximum atomic E-state index is 13.8. The molecular formula is C31H37N3O9. The van der Waals surface area contributed by atoms with Crippen molar-refractivity contribution in [1.29, 1.82) is 5.41 Å². The number of amidine groups is 1. The number of ether oxygens (including phenoxy) is 2. The lowest BCUT2D eigenvalue weighted by atomic mass is 9.77. The topological polar surface area (TPSA) is 197 Å². The van der Waals surface area contributed by atoms with Gasteiger partial charge in [0.2, 0.25) is 0 Å². The summed E-state index contributed by atoms with van der Waals surface area (Å²) in [6.07, 6.45) is 0.856. The number of hydrogen-bond acceptors (Lipinski definition) is 8. The molecule has 0 bridgehead atoms. The standard InChI is InChI=1S/C31H37N3O9/c1-5-24(28(37)38)31(6-2,30(40)41)34(17-16-25(35)42-7-3)27(36)19(4)18-20-8-10-22(11-9-20)29(39)43-23-14-12-21(13-15-23)26(32)33/h8-15,18,24H,5-7,16-17H2,1-4H3,(H3,32,33)(H,37,38)(H,40,41)/t24?,31-/m1/s1. The van der Waals surface area contributed by atoms with Crippen LogP contribution in [0.4, 0.5) is 0 Å². The fourth-order valence-corrected chi connectivity index (χ4v) is 4.78. The summed E-state index contributed by atoms with van der Waals surface area (Å²) in [5.74, 6) is -6.23. The van der Waals surface area contributed by atoms with Gasteiger partial charge in [0.15, 0.2) is 5.54 Å². The first-order chi connectivity index (χ1) is 20.3. The van der Waals surface area contributed by atoms with E-state index >= 15 is 0 Å². The zero-order chi connectivity index (χ0) is 32.3. The van der Waals surface area contributed by atoms with E-state index in [2.05, 4.69) is 0 Å². The monoisotopic (exact) mass is 595 g/mol. The van der Waals surface area contributed by atoms with Crippen LogP contribution in [0.25, 0.3) is 6.08 Å². The van der Waals surface area contributed by atoms with Crippen LogP contribution in [0.2, 0.25) is 0 Å². The second kappa shape index (κ2) is 15.3. The van der Waals surface area contributed by atoms with E-state index < -0.39 is 41.2 Å². The largest absolute Gasteiger partial charge is 0.481 e. The fraction of sp³-hybridized carbons (Fsp3) is 0.355. The maximum absolute atomic E-state index is 13.8. The molecule has 43 heavy (non-hydrogen) atoms. The quantitative estimate of drug-likeness (QED) is 0.0774. The Balaban J connectivity index is 2.38. The third-order valence-electron chi connectivity index (χ3n) is 7.01. The number of carbonyl (C=O) groups excluding carboxylic acids is 3. The van der Waals surface area contributed by atoms with Gasteiger partial charge in [-0.15, -0.1) is 0 Å². The molecule has 2 aromatic carbocycles. The third kappa shape index (κ3) is 8.28. The van der Waals surface area contributed by atoms with Gasteiger partial charge in [0, 0.05) is 17.7 Å². The average molecular weight is 596 g/mol. The summed E-state index contributed by atoms with van der Waals surface area (Å²) in [5, 5.41) is 27.6. The smallest absolute Gasteiger partial charge is 0.343 e. The molecule has 2 atom stereocenters. The molecule has 230 valence electrons. The van der Waals surface area contributed by atoms with Gasteiger partial charge >= 0.3 is 23.9 Å². The van der Waals surface area contributed by atoms with Crippen LogP contribution in [0.1, 0.15) is 68.4 Å². The molecule has 2 rings (SSSR count). The highest BCUT2D eigenvalue weighted by Crippen LogP contribution is 2.34. The number of aliphatic carboxylic acids is 2. The van der Waals surface area contributed by atoms with Crippen LogP contribution in [-0.4, -0.2) is 69.4 Å². The van der Waals surface area contributed by atoms with E-state index in [4.69, 9.17) is 20.6 Å². The van der Waals surface area contributed by atoms with Crippen molar-refractivity contribution >= 4 is 41.7 Å². The SMILES string of the molecule is CCOC(=O)CCN(C(=O)C(C)=Cc1ccc(C(=O)Oc2ccc(C(=N)N)cc2)cc1)[C@@](CC)(C(=O)O)C(CC)C(=O)O. The van der Waals surface area contributed by atoms with Crippen molar-refractivity contribution in [2.45, 2.75) is 52.5 Å². The number of amides is 1. The first-order valence-corrected chi connectivity index (χ1v) is 13.7. The minimum absolute atomic E-state index is 0.0696. The maximum Gasteiger partial charge on any atom is 0.343 e. The molecule has 2 aromatic rings. The van der Waals surface area contributed by atoms with Crippen molar-refractivity contribution in [1.82, 2.24) is 4.90 Å². The fourth-order valence-electron chi connectivity index (χ4n) is 4.78. The third-order valence-corrected chi connectivity index (χ3v) is 7.01. The molecule has 0 aromatic heterocycles. The molecule has 1 amide bonds. The van der Waals surface area contributed by atoms with Crippen molar-refractivity contribution < 1.29 is 43.7 Å². The van der Waals surface area contributed by atoms with Gasteiger partial charge in [0.05, 0.1) is 24.5 Å². The number of nitrogens with two attached hydrogens (primary N) is 1. The number of nitrogens with zero attached hydrogens (tertiary/aromatic N) is 1. The Morgan fingerprint density at radius 2 is 1.56 bits per heavy atom. The van der Waals surface area contributed by atoms with Crippen LogP contribution in [0.3, 0.4) is 0 Å². The first-order valence-electron chi connectivity index (χ1n) is 13.7. The van der Waals surface area contributed by atoms with E-state index in [1.165, 1.54) is 51.1 Å². The van der Waals surface area contributed by atoms with Crippen molar-refractivity contribution in [3.63, 3.8) is 0 Å². The lowest BCUT2D eigenvalue weighted by molar-refractivity contribution is -0.171. The molecule has 0 aliphatic rings. The van der Waals surface area contributed by atoms with Crippen LogP contribution >= 0.6 is 0 Å². The van der Waals surface area contributed by atoms with E-state index in [9.17, 15) is 34.2 Å². The van der Waals surface area contributed by atoms with Gasteiger partial charge in [0.25, 0.3) is 5.91 Å². The molecule has 0 saturated heterocycles. The Kier molecular flexibility index (Phi) is 12.2. The number of carbonyl (C=O) groups is 5. The summed E-state index contributed by atoms with van der Waals surface area (Å²) in [4.78, 5) is 64.3. The summed E-state index contributed by atoms with van der Waals surface area (Å²) in [7, 11) is 0. The number of hydrogen-bond donors (Lipinski definition) is 4. The Morgan fingerprint density at radius 1 is 0.977 bits per heavy atom. The lowest BCUT2D eigenvalue weighted by Gasteiger charge is -2.43. The Bertz CT molecular complexity index is 1380. The van der Waals surface area contributed by atoms with E-state index in [1.807, 2.05) is 0 Å². The van der Waals surface area contributed by atoms with Crippen LogP contribution in [0.15, 0.2) is 54.1 Å². The van der Waals surface area contributed by atoms with Gasteiger partial charge < -0.3 is 30.3 Å². The number of benzene rings is 2. The van der Waals surface area contributed by atoms with Crippen LogP contribution in [0, 0.1) is 11.3 Å². The van der Waals surface area contributed by atoms with E-state index in [1.54, 1.807) is 31.2 Å². The van der Waals surface area contributed by atoms with Gasteiger partial charge in [-0.2, -0.15) is 0 Å². The van der Waals surface area contributed by atoms with E-state index in [-0.39, 0.29) is 55.1 Å². The molecule has 0 heterocycles. The minimum atomic E-state index is -2.13. The first kappa shape index (κ1) is 34.2. The predicted octanol–water partition coefficient (Wildman–Crippen LogP) is 3.72. The number of nitrogens with one attached hydrogen (secondary N) is 1. The molecule has 0 spiro atoms. The molecule has 0 radical (unpaired) electrons. The number of esters is 2. The molecular weight excluding hydrogens is 558 g/mol. The molecule has 12 nitrogen and oxygen atoms in total.